The molecule has 6 nitrogen and oxygen atoms in total. The van der Waals surface area contributed by atoms with Gasteiger partial charge in [-0.05, 0) is 30.2 Å². The van der Waals surface area contributed by atoms with Crippen LogP contribution in [0.3, 0.4) is 0 Å². The van der Waals surface area contributed by atoms with E-state index in [1.807, 2.05) is 0 Å². The van der Waals surface area contributed by atoms with Crippen molar-refractivity contribution in [3.63, 3.8) is 0 Å². The quantitative estimate of drug-likeness (QED) is 0.528. The predicted molar refractivity (Wildman–Crippen MR) is 75.5 cm³/mol. The van der Waals surface area contributed by atoms with Gasteiger partial charge in [-0.25, -0.2) is 4.79 Å². The van der Waals surface area contributed by atoms with E-state index in [4.69, 9.17) is 5.11 Å². The van der Waals surface area contributed by atoms with Gasteiger partial charge in [0.25, 0.3) is 5.69 Å². The molecule has 0 fully saturated rings. The smallest absolute Gasteiger partial charge is 0.342 e. The Morgan fingerprint density at radius 2 is 1.76 bits per heavy atom. The zero-order valence-electron chi connectivity index (χ0n) is 11.1. The van der Waals surface area contributed by atoms with E-state index >= 15 is 0 Å². The van der Waals surface area contributed by atoms with E-state index in [0.717, 1.165) is 0 Å². The van der Waals surface area contributed by atoms with Crippen LogP contribution in [0.1, 0.15) is 27.6 Å². The SMILES string of the molecule is CC(=O)c1cccc(-c2ccc(C(=O)O)c([N+](=O)[O-])c2)c1. The number of nitro benzene ring substituents is 1. The minimum absolute atomic E-state index is 0.117. The number of nitrogens with zero attached hydrogens (tertiary/aromatic N) is 1. The molecule has 0 heterocycles. The number of Topliss-reactive ketones (excluding diaryl/α,β-unsaturated/α-hetero) is 1. The molecule has 0 bridgehead atoms. The van der Waals surface area contributed by atoms with Crippen molar-refractivity contribution in [1.29, 1.82) is 0 Å². The van der Waals surface area contributed by atoms with E-state index in [0.29, 0.717) is 16.7 Å². The second-order valence-corrected chi connectivity index (χ2v) is 4.43. The second kappa shape index (κ2) is 5.54. The van der Waals surface area contributed by atoms with Gasteiger partial charge < -0.3 is 5.11 Å². The largest absolute Gasteiger partial charge is 0.477 e. The van der Waals surface area contributed by atoms with E-state index in [2.05, 4.69) is 0 Å². The standard InChI is InChI=1S/C15H11NO5/c1-9(17)10-3-2-4-11(7-10)12-5-6-13(15(18)19)14(8-12)16(20)21/h2-8H,1H3,(H,18,19). The summed E-state index contributed by atoms with van der Waals surface area (Å²) >= 11 is 0. The maximum absolute atomic E-state index is 11.4. The minimum Gasteiger partial charge on any atom is -0.477 e. The Labute approximate surface area is 119 Å². The molecule has 0 saturated carbocycles. The van der Waals surface area contributed by atoms with Gasteiger partial charge >= 0.3 is 5.97 Å². The first-order valence-electron chi connectivity index (χ1n) is 6.03. The van der Waals surface area contributed by atoms with Crippen LogP contribution in [0.25, 0.3) is 11.1 Å². The van der Waals surface area contributed by atoms with Gasteiger partial charge in [-0.15, -0.1) is 0 Å². The third-order valence-electron chi connectivity index (χ3n) is 3.03. The van der Waals surface area contributed by atoms with Crippen molar-refractivity contribution in [2.75, 3.05) is 0 Å². The van der Waals surface area contributed by atoms with Crippen molar-refractivity contribution in [1.82, 2.24) is 0 Å². The lowest BCUT2D eigenvalue weighted by Gasteiger charge is -2.05. The molecule has 21 heavy (non-hydrogen) atoms. The Hall–Kier alpha value is -3.02. The highest BCUT2D eigenvalue weighted by atomic mass is 16.6. The summed E-state index contributed by atoms with van der Waals surface area (Å²) in [6.07, 6.45) is 0. The van der Waals surface area contributed by atoms with Crippen molar-refractivity contribution in [3.8, 4) is 11.1 Å². The first kappa shape index (κ1) is 14.4. The number of hydrogen-bond donors (Lipinski definition) is 1. The summed E-state index contributed by atoms with van der Waals surface area (Å²) in [4.78, 5) is 32.6. The first-order valence-corrected chi connectivity index (χ1v) is 6.03. The number of nitro groups is 1. The molecule has 2 aromatic rings. The molecule has 2 aromatic carbocycles. The Morgan fingerprint density at radius 3 is 2.33 bits per heavy atom. The minimum atomic E-state index is -1.36. The van der Waals surface area contributed by atoms with E-state index in [1.54, 1.807) is 24.3 Å². The number of carboxylic acid groups (broad SMARTS) is 1. The fourth-order valence-electron chi connectivity index (χ4n) is 1.96. The monoisotopic (exact) mass is 285 g/mol. The number of carbonyl (C=O) groups is 2. The highest BCUT2D eigenvalue weighted by molar-refractivity contribution is 5.96. The summed E-state index contributed by atoms with van der Waals surface area (Å²) < 4.78 is 0. The number of ketones is 1. The summed E-state index contributed by atoms with van der Waals surface area (Å²) in [6, 6.07) is 10.5. The van der Waals surface area contributed by atoms with Crippen LogP contribution in [0.2, 0.25) is 0 Å². The molecule has 0 atom stereocenters. The van der Waals surface area contributed by atoms with Gasteiger partial charge in [0.05, 0.1) is 4.92 Å². The topological polar surface area (TPSA) is 97.5 Å². The van der Waals surface area contributed by atoms with Crippen molar-refractivity contribution in [3.05, 3.63) is 63.7 Å². The van der Waals surface area contributed by atoms with Gasteiger partial charge in [0.15, 0.2) is 5.78 Å². The predicted octanol–water partition coefficient (Wildman–Crippen LogP) is 3.16. The van der Waals surface area contributed by atoms with E-state index < -0.39 is 16.6 Å². The molecule has 0 unspecified atom stereocenters. The highest BCUT2D eigenvalue weighted by Gasteiger charge is 2.20. The number of carbonyl (C=O) groups excluding carboxylic acids is 1. The maximum Gasteiger partial charge on any atom is 0.342 e. The molecule has 0 spiro atoms. The van der Waals surface area contributed by atoms with Gasteiger partial charge in [0.2, 0.25) is 0 Å². The molecule has 6 heteroatoms. The van der Waals surface area contributed by atoms with E-state index in [-0.39, 0.29) is 11.3 Å². The van der Waals surface area contributed by atoms with E-state index in [9.17, 15) is 19.7 Å². The summed E-state index contributed by atoms with van der Waals surface area (Å²) in [5.74, 6) is -1.47. The number of carboxylic acids is 1. The van der Waals surface area contributed by atoms with Gasteiger partial charge in [-0.2, -0.15) is 0 Å². The van der Waals surface area contributed by atoms with Crippen molar-refractivity contribution < 1.29 is 19.6 Å². The first-order chi connectivity index (χ1) is 9.90. The van der Waals surface area contributed by atoms with Crippen molar-refractivity contribution in [2.45, 2.75) is 6.92 Å². The lowest BCUT2D eigenvalue weighted by Crippen LogP contribution is -2.02. The van der Waals surface area contributed by atoms with Crippen LogP contribution in [0.5, 0.6) is 0 Å². The zero-order chi connectivity index (χ0) is 15.6. The molecule has 0 aliphatic heterocycles. The summed E-state index contributed by atoms with van der Waals surface area (Å²) in [6.45, 7) is 1.43. The summed E-state index contributed by atoms with van der Waals surface area (Å²) in [5, 5.41) is 19.9. The number of aromatic carboxylic acids is 1. The van der Waals surface area contributed by atoms with Crippen LogP contribution in [-0.2, 0) is 0 Å². The molecule has 0 aliphatic carbocycles. The Bertz CT molecular complexity index is 751. The fraction of sp³-hybridized carbons (Fsp3) is 0.0667. The Kier molecular flexibility index (Phi) is 3.80. The second-order valence-electron chi connectivity index (χ2n) is 4.43. The molecular weight excluding hydrogens is 274 g/mol. The zero-order valence-corrected chi connectivity index (χ0v) is 11.1. The van der Waals surface area contributed by atoms with Crippen molar-refractivity contribution >= 4 is 17.4 Å². The van der Waals surface area contributed by atoms with Crippen LogP contribution in [-0.4, -0.2) is 21.8 Å². The van der Waals surface area contributed by atoms with Crippen molar-refractivity contribution in [2.24, 2.45) is 0 Å². The number of hydrogen-bond acceptors (Lipinski definition) is 4. The Balaban J connectivity index is 2.58. The van der Waals surface area contributed by atoms with Crippen LogP contribution >= 0.6 is 0 Å². The molecule has 106 valence electrons. The Morgan fingerprint density at radius 1 is 1.10 bits per heavy atom. The van der Waals surface area contributed by atoms with Gasteiger partial charge in [0, 0.05) is 11.6 Å². The van der Waals surface area contributed by atoms with Crippen LogP contribution in [0.4, 0.5) is 5.69 Å². The lowest BCUT2D eigenvalue weighted by atomic mass is 9.99. The molecule has 0 aromatic heterocycles. The lowest BCUT2D eigenvalue weighted by molar-refractivity contribution is -0.385. The number of benzene rings is 2. The van der Waals surface area contributed by atoms with Crippen LogP contribution in [0.15, 0.2) is 42.5 Å². The molecule has 0 aliphatic rings. The fourth-order valence-corrected chi connectivity index (χ4v) is 1.96. The number of rotatable bonds is 4. The molecule has 2 rings (SSSR count). The van der Waals surface area contributed by atoms with Gasteiger partial charge in [0.1, 0.15) is 5.56 Å². The van der Waals surface area contributed by atoms with Crippen LogP contribution in [0, 0.1) is 10.1 Å². The maximum atomic E-state index is 11.4. The normalized spacial score (nSPS) is 10.1. The van der Waals surface area contributed by atoms with Crippen LogP contribution < -0.4 is 0 Å². The molecule has 1 N–H and O–H groups in total. The van der Waals surface area contributed by atoms with Gasteiger partial charge in [-0.3, -0.25) is 14.9 Å². The summed E-state index contributed by atoms with van der Waals surface area (Å²) in [7, 11) is 0. The third-order valence-corrected chi connectivity index (χ3v) is 3.03. The van der Waals surface area contributed by atoms with E-state index in [1.165, 1.54) is 25.1 Å². The summed E-state index contributed by atoms with van der Waals surface area (Å²) in [5.41, 5.74) is 0.731. The van der Waals surface area contributed by atoms with Gasteiger partial charge in [-0.1, -0.05) is 24.3 Å². The molecular formula is C15H11NO5. The molecule has 0 radical (unpaired) electrons. The highest BCUT2D eigenvalue weighted by Crippen LogP contribution is 2.28. The molecule has 0 saturated heterocycles. The average Bonchev–Trinajstić information content (AvgIpc) is 2.46. The molecule has 0 amide bonds. The average molecular weight is 285 g/mol. The third kappa shape index (κ3) is 2.94.